The van der Waals surface area contributed by atoms with Gasteiger partial charge in [-0.15, -0.1) is 11.3 Å². The number of hydrogen-bond donors (Lipinski definition) is 0. The molecule has 2 heterocycles. The quantitative estimate of drug-likeness (QED) is 0.725. The van der Waals surface area contributed by atoms with Crippen LogP contribution in [0.4, 0.5) is 0 Å². The Bertz CT molecular complexity index is 344. The standard InChI is InChI=1S/C13H20O2S/c1-3-4-5-6-7-11-13-12(10(2)16-11)14-8-9-15-13/h3-9H2,1-2H3. The highest BCUT2D eigenvalue weighted by Gasteiger charge is 2.21. The van der Waals surface area contributed by atoms with Crippen molar-refractivity contribution < 1.29 is 9.47 Å². The Balaban J connectivity index is 1.98. The fourth-order valence-electron chi connectivity index (χ4n) is 2.04. The second kappa shape index (κ2) is 5.58. The highest BCUT2D eigenvalue weighted by Crippen LogP contribution is 2.44. The molecule has 16 heavy (non-hydrogen) atoms. The van der Waals surface area contributed by atoms with Gasteiger partial charge in [-0.2, -0.15) is 0 Å². The Morgan fingerprint density at radius 3 is 2.56 bits per heavy atom. The molecule has 0 aliphatic carbocycles. The minimum absolute atomic E-state index is 0.694. The van der Waals surface area contributed by atoms with Crippen molar-refractivity contribution in [3.63, 3.8) is 0 Å². The van der Waals surface area contributed by atoms with Crippen molar-refractivity contribution in [1.82, 2.24) is 0 Å². The summed E-state index contributed by atoms with van der Waals surface area (Å²) in [5, 5.41) is 0. The molecule has 0 saturated carbocycles. The number of hydrogen-bond acceptors (Lipinski definition) is 3. The molecular weight excluding hydrogens is 220 g/mol. The summed E-state index contributed by atoms with van der Waals surface area (Å²) in [6, 6.07) is 0. The predicted octanol–water partition coefficient (Wildman–Crippen LogP) is 3.95. The van der Waals surface area contributed by atoms with E-state index in [1.807, 2.05) is 11.3 Å². The lowest BCUT2D eigenvalue weighted by molar-refractivity contribution is 0.171. The van der Waals surface area contributed by atoms with Gasteiger partial charge in [0.05, 0.1) is 4.88 Å². The minimum atomic E-state index is 0.694. The van der Waals surface area contributed by atoms with E-state index in [1.165, 1.54) is 35.4 Å². The summed E-state index contributed by atoms with van der Waals surface area (Å²) < 4.78 is 11.4. The highest BCUT2D eigenvalue weighted by atomic mass is 32.1. The zero-order valence-electron chi connectivity index (χ0n) is 10.2. The summed E-state index contributed by atoms with van der Waals surface area (Å²) in [6.45, 7) is 5.76. The van der Waals surface area contributed by atoms with Crippen molar-refractivity contribution in [1.29, 1.82) is 0 Å². The zero-order valence-corrected chi connectivity index (χ0v) is 11.0. The number of rotatable bonds is 5. The summed E-state index contributed by atoms with van der Waals surface area (Å²) in [5.74, 6) is 2.03. The number of aryl methyl sites for hydroxylation is 2. The van der Waals surface area contributed by atoms with Gasteiger partial charge >= 0.3 is 0 Å². The van der Waals surface area contributed by atoms with Crippen LogP contribution in [-0.4, -0.2) is 13.2 Å². The smallest absolute Gasteiger partial charge is 0.175 e. The van der Waals surface area contributed by atoms with Crippen LogP contribution in [0.2, 0.25) is 0 Å². The Labute approximate surface area is 102 Å². The van der Waals surface area contributed by atoms with Crippen molar-refractivity contribution in [3.8, 4) is 11.5 Å². The summed E-state index contributed by atoms with van der Waals surface area (Å²) in [6.07, 6.45) is 6.36. The maximum Gasteiger partial charge on any atom is 0.175 e. The van der Waals surface area contributed by atoms with E-state index in [2.05, 4.69) is 13.8 Å². The molecular formula is C13H20O2S. The van der Waals surface area contributed by atoms with Crippen molar-refractivity contribution >= 4 is 11.3 Å². The van der Waals surface area contributed by atoms with Crippen LogP contribution < -0.4 is 9.47 Å². The largest absolute Gasteiger partial charge is 0.485 e. The molecule has 0 aromatic carbocycles. The molecule has 0 radical (unpaired) electrons. The molecule has 3 heteroatoms. The number of fused-ring (bicyclic) bond motifs is 1. The molecule has 0 N–H and O–H groups in total. The molecule has 0 saturated heterocycles. The van der Waals surface area contributed by atoms with E-state index in [9.17, 15) is 0 Å². The van der Waals surface area contributed by atoms with Crippen LogP contribution in [-0.2, 0) is 6.42 Å². The van der Waals surface area contributed by atoms with Gasteiger partial charge in [0.1, 0.15) is 13.2 Å². The average Bonchev–Trinajstić information content (AvgIpc) is 2.63. The second-order valence-corrected chi connectivity index (χ2v) is 5.56. The molecule has 1 aliphatic heterocycles. The van der Waals surface area contributed by atoms with E-state index in [4.69, 9.17) is 9.47 Å². The molecule has 90 valence electrons. The molecule has 0 spiro atoms. The molecule has 1 aliphatic rings. The maximum atomic E-state index is 5.72. The van der Waals surface area contributed by atoms with Gasteiger partial charge in [0, 0.05) is 4.88 Å². The van der Waals surface area contributed by atoms with E-state index in [0.717, 1.165) is 17.9 Å². The lowest BCUT2D eigenvalue weighted by atomic mass is 10.1. The molecule has 0 fully saturated rings. The van der Waals surface area contributed by atoms with Crippen molar-refractivity contribution in [2.75, 3.05) is 13.2 Å². The fourth-order valence-corrected chi connectivity index (χ4v) is 3.15. The lowest BCUT2D eigenvalue weighted by Gasteiger charge is -2.16. The van der Waals surface area contributed by atoms with Gasteiger partial charge in [0.15, 0.2) is 11.5 Å². The van der Waals surface area contributed by atoms with Gasteiger partial charge in [-0.1, -0.05) is 26.2 Å². The van der Waals surface area contributed by atoms with Crippen LogP contribution in [0.15, 0.2) is 0 Å². The first kappa shape index (κ1) is 11.8. The third kappa shape index (κ3) is 2.51. The lowest BCUT2D eigenvalue weighted by Crippen LogP contribution is -2.15. The van der Waals surface area contributed by atoms with E-state index in [0.29, 0.717) is 13.2 Å². The van der Waals surface area contributed by atoms with Gasteiger partial charge in [-0.05, 0) is 19.8 Å². The van der Waals surface area contributed by atoms with Gasteiger partial charge in [-0.3, -0.25) is 0 Å². The fraction of sp³-hybridized carbons (Fsp3) is 0.692. The Hall–Kier alpha value is -0.700. The molecule has 0 atom stereocenters. The maximum absolute atomic E-state index is 5.72. The Morgan fingerprint density at radius 2 is 1.81 bits per heavy atom. The number of unbranched alkanes of at least 4 members (excludes halogenated alkanes) is 3. The minimum Gasteiger partial charge on any atom is -0.485 e. The van der Waals surface area contributed by atoms with E-state index >= 15 is 0 Å². The molecule has 0 bridgehead atoms. The van der Waals surface area contributed by atoms with Crippen molar-refractivity contribution in [2.24, 2.45) is 0 Å². The van der Waals surface area contributed by atoms with Gasteiger partial charge in [0.2, 0.25) is 0 Å². The topological polar surface area (TPSA) is 18.5 Å². The third-order valence-corrected chi connectivity index (χ3v) is 4.02. The molecule has 0 unspecified atom stereocenters. The van der Waals surface area contributed by atoms with Crippen LogP contribution in [0.1, 0.15) is 42.4 Å². The number of ether oxygens (including phenoxy) is 2. The average molecular weight is 240 g/mol. The molecule has 1 aromatic rings. The monoisotopic (exact) mass is 240 g/mol. The van der Waals surface area contributed by atoms with Crippen LogP contribution in [0.25, 0.3) is 0 Å². The Kier molecular flexibility index (Phi) is 4.10. The van der Waals surface area contributed by atoms with Crippen LogP contribution in [0.5, 0.6) is 11.5 Å². The van der Waals surface area contributed by atoms with Gasteiger partial charge in [0.25, 0.3) is 0 Å². The molecule has 1 aromatic heterocycles. The van der Waals surface area contributed by atoms with Crippen LogP contribution in [0, 0.1) is 6.92 Å². The first-order valence-corrected chi connectivity index (χ1v) is 7.02. The third-order valence-electron chi connectivity index (χ3n) is 2.89. The predicted molar refractivity (Wildman–Crippen MR) is 67.9 cm³/mol. The van der Waals surface area contributed by atoms with E-state index in [1.54, 1.807) is 0 Å². The zero-order chi connectivity index (χ0) is 11.4. The highest BCUT2D eigenvalue weighted by molar-refractivity contribution is 7.12. The normalized spacial score (nSPS) is 14.1. The molecule has 2 rings (SSSR count). The first-order valence-electron chi connectivity index (χ1n) is 6.20. The summed E-state index contributed by atoms with van der Waals surface area (Å²) >= 11 is 1.84. The van der Waals surface area contributed by atoms with E-state index < -0.39 is 0 Å². The van der Waals surface area contributed by atoms with Gasteiger partial charge in [-0.25, -0.2) is 0 Å². The summed E-state index contributed by atoms with van der Waals surface area (Å²) in [7, 11) is 0. The summed E-state index contributed by atoms with van der Waals surface area (Å²) in [4.78, 5) is 2.64. The molecule has 0 amide bonds. The van der Waals surface area contributed by atoms with Crippen LogP contribution >= 0.6 is 11.3 Å². The molecule has 2 nitrogen and oxygen atoms in total. The first-order chi connectivity index (χ1) is 7.83. The number of thiophene rings is 1. The SMILES string of the molecule is CCCCCCc1sc(C)c2c1OCCO2. The van der Waals surface area contributed by atoms with Gasteiger partial charge < -0.3 is 9.47 Å². The van der Waals surface area contributed by atoms with Crippen molar-refractivity contribution in [2.45, 2.75) is 46.0 Å². The van der Waals surface area contributed by atoms with Crippen LogP contribution in [0.3, 0.4) is 0 Å². The summed E-state index contributed by atoms with van der Waals surface area (Å²) in [5.41, 5.74) is 0. The Morgan fingerprint density at radius 1 is 1.06 bits per heavy atom. The van der Waals surface area contributed by atoms with E-state index in [-0.39, 0.29) is 0 Å². The second-order valence-electron chi connectivity index (χ2n) is 4.25. The van der Waals surface area contributed by atoms with Crippen molar-refractivity contribution in [3.05, 3.63) is 9.75 Å².